The summed E-state index contributed by atoms with van der Waals surface area (Å²) in [6, 6.07) is 16.3. The fourth-order valence-corrected chi connectivity index (χ4v) is 4.65. The van der Waals surface area contributed by atoms with Gasteiger partial charge < -0.3 is 23.9 Å². The molecule has 1 aliphatic rings. The summed E-state index contributed by atoms with van der Waals surface area (Å²) in [5, 5.41) is 5.58. The van der Waals surface area contributed by atoms with Gasteiger partial charge in [-0.15, -0.1) is 0 Å². The van der Waals surface area contributed by atoms with Crippen LogP contribution in [0, 0.1) is 0 Å². The molecule has 2 aromatic carbocycles. The zero-order valence-electron chi connectivity index (χ0n) is 17.9. The predicted octanol–water partition coefficient (Wildman–Crippen LogP) is 4.05. The van der Waals surface area contributed by atoms with E-state index in [4.69, 9.17) is 9.15 Å². The third-order valence-electron chi connectivity index (χ3n) is 6.29. The number of aryl methyl sites for hydroxylation is 1. The van der Waals surface area contributed by atoms with E-state index in [1.54, 1.807) is 13.2 Å². The van der Waals surface area contributed by atoms with Crippen LogP contribution in [0.3, 0.4) is 0 Å². The smallest absolute Gasteiger partial charge is 0.338 e. The van der Waals surface area contributed by atoms with Crippen LogP contribution in [0.4, 0.5) is 5.69 Å². The summed E-state index contributed by atoms with van der Waals surface area (Å²) >= 11 is 0. The lowest BCUT2D eigenvalue weighted by Gasteiger charge is -2.37. The van der Waals surface area contributed by atoms with Crippen LogP contribution < -0.4 is 20.6 Å². The summed E-state index contributed by atoms with van der Waals surface area (Å²) in [7, 11) is 3.71. The molecule has 2 aromatic heterocycles. The summed E-state index contributed by atoms with van der Waals surface area (Å²) < 4.78 is 13.1. The number of hydrogen-bond donors (Lipinski definition) is 1. The number of hydrogen-bond acceptors (Lipinski definition) is 5. The standard InChI is InChI=1S/C25H27N3O3/c1-27-12-9-18-13-17(3-5-22(18)27)16-28(19-7-10-26-11-8-19)23-15-25(29)31-24-6-4-20(30-2)14-21(23)24/h3-6,9,12-15,19,26H,7-8,10-11,16H2,1-2H3. The topological polar surface area (TPSA) is 59.6 Å². The molecule has 160 valence electrons. The Kier molecular flexibility index (Phi) is 5.16. The van der Waals surface area contributed by atoms with Crippen molar-refractivity contribution in [2.45, 2.75) is 25.4 Å². The first-order chi connectivity index (χ1) is 15.1. The lowest BCUT2D eigenvalue weighted by Crippen LogP contribution is -2.43. The van der Waals surface area contributed by atoms with E-state index in [1.807, 2.05) is 18.2 Å². The van der Waals surface area contributed by atoms with E-state index in [0.717, 1.165) is 49.3 Å². The summed E-state index contributed by atoms with van der Waals surface area (Å²) in [4.78, 5) is 14.8. The van der Waals surface area contributed by atoms with Crippen LogP contribution in [0.25, 0.3) is 21.9 Å². The highest BCUT2D eigenvalue weighted by Gasteiger charge is 2.24. The Labute approximate surface area is 181 Å². The first-order valence-electron chi connectivity index (χ1n) is 10.8. The van der Waals surface area contributed by atoms with Crippen LogP contribution in [0.15, 0.2) is 63.9 Å². The lowest BCUT2D eigenvalue weighted by molar-refractivity contribution is 0.414. The summed E-state index contributed by atoms with van der Waals surface area (Å²) in [5.41, 5.74) is 3.60. The predicted molar refractivity (Wildman–Crippen MR) is 124 cm³/mol. The Balaban J connectivity index is 1.62. The van der Waals surface area contributed by atoms with Crippen molar-refractivity contribution in [3.8, 4) is 5.75 Å². The molecule has 6 heteroatoms. The zero-order valence-corrected chi connectivity index (χ0v) is 17.9. The van der Waals surface area contributed by atoms with Gasteiger partial charge in [0.05, 0.1) is 12.8 Å². The molecular weight excluding hydrogens is 390 g/mol. The van der Waals surface area contributed by atoms with Gasteiger partial charge in [0, 0.05) is 42.8 Å². The minimum atomic E-state index is -0.329. The molecule has 0 atom stereocenters. The zero-order chi connectivity index (χ0) is 21.4. The monoisotopic (exact) mass is 417 g/mol. The van der Waals surface area contributed by atoms with Crippen LogP contribution in [0.1, 0.15) is 18.4 Å². The van der Waals surface area contributed by atoms with Gasteiger partial charge in [0.1, 0.15) is 11.3 Å². The molecule has 1 aliphatic heterocycles. The largest absolute Gasteiger partial charge is 0.497 e. The molecule has 5 rings (SSSR count). The third kappa shape index (κ3) is 3.79. The molecule has 0 aliphatic carbocycles. The Bertz CT molecular complexity index is 1280. The van der Waals surface area contributed by atoms with Gasteiger partial charge in [0.15, 0.2) is 0 Å². The molecule has 31 heavy (non-hydrogen) atoms. The average Bonchev–Trinajstić information content (AvgIpc) is 3.17. The second kappa shape index (κ2) is 8.12. The highest BCUT2D eigenvalue weighted by atomic mass is 16.5. The van der Waals surface area contributed by atoms with Gasteiger partial charge in [-0.25, -0.2) is 4.79 Å². The molecular formula is C25H27N3O3. The number of methoxy groups -OCH3 is 1. The highest BCUT2D eigenvalue weighted by Crippen LogP contribution is 2.33. The van der Waals surface area contributed by atoms with Crippen molar-refractivity contribution in [1.82, 2.24) is 9.88 Å². The molecule has 0 unspecified atom stereocenters. The van der Waals surface area contributed by atoms with Gasteiger partial charge in [-0.1, -0.05) is 6.07 Å². The van der Waals surface area contributed by atoms with Gasteiger partial charge in [0.25, 0.3) is 0 Å². The van der Waals surface area contributed by atoms with Crippen molar-refractivity contribution >= 4 is 27.6 Å². The number of piperidine rings is 1. The van der Waals surface area contributed by atoms with E-state index in [1.165, 1.54) is 16.5 Å². The van der Waals surface area contributed by atoms with E-state index in [0.29, 0.717) is 11.6 Å². The normalized spacial score (nSPS) is 14.9. The maximum absolute atomic E-state index is 12.4. The van der Waals surface area contributed by atoms with Crippen molar-refractivity contribution in [3.63, 3.8) is 0 Å². The Morgan fingerprint density at radius 1 is 1.13 bits per heavy atom. The Hall–Kier alpha value is -3.25. The molecule has 0 bridgehead atoms. The van der Waals surface area contributed by atoms with E-state index in [9.17, 15) is 4.79 Å². The molecule has 1 fully saturated rings. The van der Waals surface area contributed by atoms with Gasteiger partial charge >= 0.3 is 5.63 Å². The van der Waals surface area contributed by atoms with E-state index < -0.39 is 0 Å². The first-order valence-corrected chi connectivity index (χ1v) is 10.8. The van der Waals surface area contributed by atoms with Crippen LogP contribution in [-0.2, 0) is 13.6 Å². The Morgan fingerprint density at radius 3 is 2.77 bits per heavy atom. The molecule has 0 saturated carbocycles. The van der Waals surface area contributed by atoms with Gasteiger partial charge in [0.2, 0.25) is 0 Å². The number of anilines is 1. The fourth-order valence-electron chi connectivity index (χ4n) is 4.65. The molecule has 0 spiro atoms. The van der Waals surface area contributed by atoms with Crippen LogP contribution in [0.2, 0.25) is 0 Å². The van der Waals surface area contributed by atoms with Gasteiger partial charge in [-0.2, -0.15) is 0 Å². The maximum Gasteiger partial charge on any atom is 0.338 e. The van der Waals surface area contributed by atoms with Gasteiger partial charge in [-0.05, 0) is 73.3 Å². The number of nitrogens with one attached hydrogen (secondary N) is 1. The maximum atomic E-state index is 12.4. The molecule has 1 saturated heterocycles. The van der Waals surface area contributed by atoms with Crippen molar-refractivity contribution < 1.29 is 9.15 Å². The van der Waals surface area contributed by atoms with Crippen molar-refractivity contribution in [2.75, 3.05) is 25.1 Å². The lowest BCUT2D eigenvalue weighted by atomic mass is 10.0. The number of ether oxygens (including phenoxy) is 1. The highest BCUT2D eigenvalue weighted by molar-refractivity contribution is 5.91. The number of fused-ring (bicyclic) bond motifs is 2. The number of rotatable bonds is 5. The van der Waals surface area contributed by atoms with Crippen molar-refractivity contribution in [1.29, 1.82) is 0 Å². The molecule has 4 aromatic rings. The van der Waals surface area contributed by atoms with E-state index in [-0.39, 0.29) is 5.63 Å². The third-order valence-corrected chi connectivity index (χ3v) is 6.29. The number of nitrogens with zero attached hydrogens (tertiary/aromatic N) is 2. The first kappa shape index (κ1) is 19.7. The molecule has 3 heterocycles. The minimum absolute atomic E-state index is 0.329. The molecule has 0 radical (unpaired) electrons. The second-order valence-corrected chi connectivity index (χ2v) is 8.24. The number of benzene rings is 2. The fraction of sp³-hybridized carbons (Fsp3) is 0.320. The SMILES string of the molecule is COc1ccc2oc(=O)cc(N(Cc3ccc4c(ccn4C)c3)C3CCNCC3)c2c1. The minimum Gasteiger partial charge on any atom is -0.497 e. The van der Waals surface area contributed by atoms with E-state index >= 15 is 0 Å². The van der Waals surface area contributed by atoms with Crippen LogP contribution in [0.5, 0.6) is 5.75 Å². The quantitative estimate of drug-likeness (QED) is 0.497. The van der Waals surface area contributed by atoms with Crippen molar-refractivity contribution in [3.05, 3.63) is 70.7 Å². The second-order valence-electron chi connectivity index (χ2n) is 8.24. The average molecular weight is 418 g/mol. The molecule has 1 N–H and O–H groups in total. The molecule has 6 nitrogen and oxygen atoms in total. The Morgan fingerprint density at radius 2 is 1.97 bits per heavy atom. The number of aromatic nitrogens is 1. The van der Waals surface area contributed by atoms with Gasteiger partial charge in [-0.3, -0.25) is 0 Å². The van der Waals surface area contributed by atoms with Crippen molar-refractivity contribution in [2.24, 2.45) is 7.05 Å². The summed E-state index contributed by atoms with van der Waals surface area (Å²) in [6.07, 6.45) is 4.14. The molecule has 0 amide bonds. The summed E-state index contributed by atoms with van der Waals surface area (Å²) in [6.45, 7) is 2.68. The van der Waals surface area contributed by atoms with Crippen LogP contribution in [-0.4, -0.2) is 30.8 Å². The van der Waals surface area contributed by atoms with Crippen LogP contribution >= 0.6 is 0 Å². The summed E-state index contributed by atoms with van der Waals surface area (Å²) in [5.74, 6) is 0.749. The van der Waals surface area contributed by atoms with E-state index in [2.05, 4.69) is 52.3 Å².